The fourth-order valence-electron chi connectivity index (χ4n) is 6.80. The van der Waals surface area contributed by atoms with Crippen LogP contribution < -0.4 is 16.1 Å². The maximum atomic E-state index is 14.2. The molecule has 3 atom stereocenters. The van der Waals surface area contributed by atoms with Crippen molar-refractivity contribution in [3.05, 3.63) is 70.9 Å². The minimum Gasteiger partial charge on any atom is -0.399 e. The Hall–Kier alpha value is -3.58. The van der Waals surface area contributed by atoms with Crippen LogP contribution in [-0.4, -0.2) is 70.2 Å². The molecule has 2 aliphatic heterocycles. The Balaban J connectivity index is 1.05. The average molecular weight is 729 g/mol. The van der Waals surface area contributed by atoms with Crippen molar-refractivity contribution in [3.63, 3.8) is 0 Å². The van der Waals surface area contributed by atoms with E-state index >= 15 is 0 Å². The van der Waals surface area contributed by atoms with Crippen LogP contribution in [0, 0.1) is 12.3 Å². The first-order valence-electron chi connectivity index (χ1n) is 18.4. The highest BCUT2D eigenvalue weighted by Crippen LogP contribution is 2.41. The number of benzene rings is 2. The van der Waals surface area contributed by atoms with Crippen LogP contribution in [0.25, 0.3) is 10.4 Å². The van der Waals surface area contributed by atoms with Gasteiger partial charge in [0.15, 0.2) is 0 Å². The molecule has 6 rings (SSSR count). The summed E-state index contributed by atoms with van der Waals surface area (Å²) in [4.78, 5) is 48.7. The predicted octanol–water partition coefficient (Wildman–Crippen LogP) is 5.87. The van der Waals surface area contributed by atoms with Crippen molar-refractivity contribution in [1.29, 1.82) is 0 Å². The van der Waals surface area contributed by atoms with Gasteiger partial charge in [0.2, 0.25) is 11.8 Å². The summed E-state index contributed by atoms with van der Waals surface area (Å²) in [7, 11) is -0.450. The zero-order valence-electron chi connectivity index (χ0n) is 32.0. The van der Waals surface area contributed by atoms with Crippen molar-refractivity contribution in [2.75, 3.05) is 6.54 Å². The highest BCUT2D eigenvalue weighted by Gasteiger charge is 2.54. The molecule has 3 fully saturated rings. The minimum absolute atomic E-state index is 0.189. The lowest BCUT2D eigenvalue weighted by atomic mass is 9.79. The third kappa shape index (κ3) is 7.86. The molecule has 1 aliphatic carbocycles. The molecule has 1 aromatic heterocycles. The van der Waals surface area contributed by atoms with E-state index in [0.29, 0.717) is 32.2 Å². The standard InChI is InChI=1S/C40H53BN4O6S/c1-25(28-14-16-29(17-15-28)32-26(2)42-24-52-32)43-34(46)31-11-10-22-45(31)35(47)33(37(3,4)5)44-36(48)40(20-21-40)49-23-27-12-18-30(19-13-27)41-50-38(6,7)39(8,9)51-41/h12-19,24-25,31,33H,10-11,20-23H2,1-9H3,(H,43,46)(H,44,48)/t25?,31-,33?/m0/s1. The quantitative estimate of drug-likeness (QED) is 0.237. The molecule has 2 aromatic carbocycles. The molecule has 2 unspecified atom stereocenters. The van der Waals surface area contributed by atoms with E-state index in [1.54, 1.807) is 16.2 Å². The summed E-state index contributed by atoms with van der Waals surface area (Å²) in [6.07, 6.45) is 2.44. The number of nitrogens with zero attached hydrogens (tertiary/aromatic N) is 2. The fraction of sp³-hybridized carbons (Fsp3) is 0.550. The third-order valence-electron chi connectivity index (χ3n) is 11.1. The summed E-state index contributed by atoms with van der Waals surface area (Å²) in [6, 6.07) is 14.3. The number of rotatable bonds is 11. The van der Waals surface area contributed by atoms with Gasteiger partial charge >= 0.3 is 7.12 Å². The van der Waals surface area contributed by atoms with Gasteiger partial charge in [-0.15, -0.1) is 11.3 Å². The maximum Gasteiger partial charge on any atom is 0.494 e. The van der Waals surface area contributed by atoms with E-state index in [0.717, 1.165) is 32.7 Å². The third-order valence-corrected chi connectivity index (χ3v) is 12.1. The van der Waals surface area contributed by atoms with Gasteiger partial charge in [0.1, 0.15) is 17.7 Å². The zero-order chi connectivity index (χ0) is 37.6. The highest BCUT2D eigenvalue weighted by molar-refractivity contribution is 7.13. The number of ether oxygens (including phenoxy) is 1. The van der Waals surface area contributed by atoms with E-state index < -0.39 is 41.4 Å². The SMILES string of the molecule is Cc1ncsc1-c1ccc(C(C)NC(=O)[C@@H]2CCCN2C(=O)C(NC(=O)C2(OCc3ccc(B4OC(C)(C)C(C)(C)O4)cc3)CC2)C(C)(C)C)cc1. The van der Waals surface area contributed by atoms with Crippen LogP contribution >= 0.6 is 11.3 Å². The molecule has 2 N–H and O–H groups in total. The first-order valence-corrected chi connectivity index (χ1v) is 19.3. The Morgan fingerprint density at radius 3 is 2.19 bits per heavy atom. The van der Waals surface area contributed by atoms with Gasteiger partial charge in [0.25, 0.3) is 5.91 Å². The molecule has 0 spiro atoms. The molecule has 10 nitrogen and oxygen atoms in total. The number of likely N-dealkylation sites (tertiary alicyclic amines) is 1. The molecular weight excluding hydrogens is 675 g/mol. The molecule has 278 valence electrons. The van der Waals surface area contributed by atoms with Crippen molar-refractivity contribution in [2.24, 2.45) is 5.41 Å². The number of carbonyl (C=O) groups is 3. The molecular formula is C40H53BN4O6S. The summed E-state index contributed by atoms with van der Waals surface area (Å²) < 4.78 is 18.6. The molecule has 3 amide bonds. The van der Waals surface area contributed by atoms with Crippen molar-refractivity contribution < 1.29 is 28.4 Å². The molecule has 0 bridgehead atoms. The number of hydrogen-bond donors (Lipinski definition) is 2. The molecule has 3 aromatic rings. The van der Waals surface area contributed by atoms with E-state index in [2.05, 4.69) is 27.8 Å². The van der Waals surface area contributed by atoms with Crippen LogP contribution in [0.5, 0.6) is 0 Å². The number of aryl methyl sites for hydroxylation is 1. The van der Waals surface area contributed by atoms with Crippen LogP contribution in [0.15, 0.2) is 54.0 Å². The summed E-state index contributed by atoms with van der Waals surface area (Å²) >= 11 is 1.61. The van der Waals surface area contributed by atoms with Gasteiger partial charge in [-0.2, -0.15) is 0 Å². The topological polar surface area (TPSA) is 119 Å². The van der Waals surface area contributed by atoms with Crippen molar-refractivity contribution in [2.45, 2.75) is 130 Å². The molecule has 2 saturated heterocycles. The first-order chi connectivity index (χ1) is 24.4. The van der Waals surface area contributed by atoms with E-state index in [-0.39, 0.29) is 30.4 Å². The van der Waals surface area contributed by atoms with E-state index in [1.165, 1.54) is 0 Å². The van der Waals surface area contributed by atoms with Crippen molar-refractivity contribution >= 4 is 41.6 Å². The first kappa shape index (κ1) is 38.2. The van der Waals surface area contributed by atoms with Gasteiger partial charge in [-0.25, -0.2) is 4.98 Å². The van der Waals surface area contributed by atoms with Crippen LogP contribution in [0.2, 0.25) is 0 Å². The summed E-state index contributed by atoms with van der Waals surface area (Å²) in [5, 5.41) is 6.19. The Morgan fingerprint density at radius 1 is 1.00 bits per heavy atom. The second-order valence-electron chi connectivity index (χ2n) is 16.7. The monoisotopic (exact) mass is 728 g/mol. The lowest BCUT2D eigenvalue weighted by molar-refractivity contribution is -0.147. The molecule has 52 heavy (non-hydrogen) atoms. The van der Waals surface area contributed by atoms with Gasteiger partial charge < -0.3 is 29.6 Å². The Kier molecular flexibility index (Phi) is 10.5. The largest absolute Gasteiger partial charge is 0.494 e. The fourth-order valence-corrected chi connectivity index (χ4v) is 7.61. The lowest BCUT2D eigenvalue weighted by Gasteiger charge is -2.36. The second kappa shape index (κ2) is 14.3. The summed E-state index contributed by atoms with van der Waals surface area (Å²) in [5.41, 5.74) is 4.33. The number of aromatic nitrogens is 1. The molecule has 12 heteroatoms. The van der Waals surface area contributed by atoms with E-state index in [1.807, 2.05) is 104 Å². The Morgan fingerprint density at radius 2 is 1.63 bits per heavy atom. The molecule has 0 radical (unpaired) electrons. The van der Waals surface area contributed by atoms with E-state index in [4.69, 9.17) is 14.0 Å². The molecule has 3 heterocycles. The molecule has 3 aliphatic rings. The van der Waals surface area contributed by atoms with Crippen LogP contribution in [0.4, 0.5) is 0 Å². The van der Waals surface area contributed by atoms with Gasteiger partial charge in [-0.05, 0) is 94.8 Å². The second-order valence-corrected chi connectivity index (χ2v) is 17.5. The van der Waals surface area contributed by atoms with Crippen molar-refractivity contribution in [3.8, 4) is 10.4 Å². The number of amides is 3. The number of hydrogen-bond acceptors (Lipinski definition) is 8. The minimum atomic E-state index is -0.986. The van der Waals surface area contributed by atoms with Crippen LogP contribution in [0.3, 0.4) is 0 Å². The predicted molar refractivity (Wildman–Crippen MR) is 204 cm³/mol. The maximum absolute atomic E-state index is 14.2. The number of nitrogens with one attached hydrogen (secondary N) is 2. The number of carbonyl (C=O) groups excluding carboxylic acids is 3. The van der Waals surface area contributed by atoms with E-state index in [9.17, 15) is 14.4 Å². The van der Waals surface area contributed by atoms with Gasteiger partial charge in [0.05, 0.1) is 39.9 Å². The van der Waals surface area contributed by atoms with Crippen molar-refractivity contribution in [1.82, 2.24) is 20.5 Å². The smallest absolute Gasteiger partial charge is 0.399 e. The molecule has 1 saturated carbocycles. The van der Waals surface area contributed by atoms with Crippen LogP contribution in [-0.2, 0) is 35.0 Å². The normalized spacial score (nSPS) is 21.4. The highest BCUT2D eigenvalue weighted by atomic mass is 32.1. The van der Waals surface area contributed by atoms with Crippen LogP contribution in [0.1, 0.15) is 104 Å². The number of thiazole rings is 1. The van der Waals surface area contributed by atoms with Gasteiger partial charge in [-0.3, -0.25) is 14.4 Å². The lowest BCUT2D eigenvalue weighted by Crippen LogP contribution is -2.59. The summed E-state index contributed by atoms with van der Waals surface area (Å²) in [6.45, 7) is 18.6. The zero-order valence-corrected chi connectivity index (χ0v) is 32.8. The van der Waals surface area contributed by atoms with Gasteiger partial charge in [0, 0.05) is 6.54 Å². The average Bonchev–Trinajstić information content (AvgIpc) is 3.38. The van der Waals surface area contributed by atoms with Gasteiger partial charge in [-0.1, -0.05) is 69.3 Å². The Bertz CT molecular complexity index is 1760. The summed E-state index contributed by atoms with van der Waals surface area (Å²) in [5.74, 6) is -0.726. The Labute approximate surface area is 312 Å².